The molecule has 5 rings (SSSR count). The van der Waals surface area contributed by atoms with Crippen molar-refractivity contribution in [3.63, 3.8) is 0 Å². The van der Waals surface area contributed by atoms with E-state index in [1.54, 1.807) is 12.1 Å². The molecule has 0 unspecified atom stereocenters. The number of amides is 1. The number of nitrogens with zero attached hydrogens (tertiary/aromatic N) is 2. The molecule has 10 heteroatoms. The van der Waals surface area contributed by atoms with Crippen LogP contribution >= 0.6 is 11.6 Å². The van der Waals surface area contributed by atoms with Crippen LogP contribution in [-0.2, 0) is 4.74 Å². The summed E-state index contributed by atoms with van der Waals surface area (Å²) in [5.74, 6) is -1.14. The van der Waals surface area contributed by atoms with Crippen LogP contribution in [-0.4, -0.2) is 52.1 Å². The first-order valence-corrected chi connectivity index (χ1v) is 12.3. The number of anilines is 1. The number of pyridine rings is 1. The molecule has 8 nitrogen and oxygen atoms in total. The van der Waals surface area contributed by atoms with Crippen molar-refractivity contribution in [1.82, 2.24) is 9.88 Å². The van der Waals surface area contributed by atoms with Crippen molar-refractivity contribution in [2.24, 2.45) is 5.92 Å². The standard InChI is InChI=1S/C25H29ClFN3O5/c1-24(2,3)35-23(34)28-25(7-8-25)13-6-9-29(11-13)17-5-4-14-20(19(17)26)30(18-10-16(18)27)12-15(21(14)31)22(32)33/h4-5,12-13,16,18H,6-11H2,1-3H3,(H,28,34)(H,32,33)/t13-,16-,18-/m1/s1. The molecule has 35 heavy (non-hydrogen) atoms. The highest BCUT2D eigenvalue weighted by Crippen LogP contribution is 2.48. The minimum Gasteiger partial charge on any atom is -0.477 e. The van der Waals surface area contributed by atoms with E-state index >= 15 is 0 Å². The van der Waals surface area contributed by atoms with Gasteiger partial charge < -0.3 is 24.6 Å². The third kappa shape index (κ3) is 4.35. The van der Waals surface area contributed by atoms with Crippen LogP contribution in [0.4, 0.5) is 14.9 Å². The predicted octanol–water partition coefficient (Wildman–Crippen LogP) is 4.52. The van der Waals surface area contributed by atoms with Gasteiger partial charge in [0.2, 0.25) is 5.43 Å². The first kappa shape index (κ1) is 23.9. The number of alkyl carbamates (subject to hydrolysis) is 1. The van der Waals surface area contributed by atoms with Crippen molar-refractivity contribution in [3.8, 4) is 0 Å². The van der Waals surface area contributed by atoms with Crippen molar-refractivity contribution in [1.29, 1.82) is 0 Å². The van der Waals surface area contributed by atoms with Crippen molar-refractivity contribution < 1.29 is 23.8 Å². The molecule has 3 aliphatic rings. The maximum atomic E-state index is 14.0. The molecule has 1 amide bonds. The topological polar surface area (TPSA) is 101 Å². The number of alkyl halides is 1. The zero-order valence-corrected chi connectivity index (χ0v) is 20.7. The minimum atomic E-state index is -1.35. The smallest absolute Gasteiger partial charge is 0.408 e. The first-order valence-electron chi connectivity index (χ1n) is 11.9. The van der Waals surface area contributed by atoms with Crippen LogP contribution < -0.4 is 15.6 Å². The lowest BCUT2D eigenvalue weighted by Gasteiger charge is -2.28. The van der Waals surface area contributed by atoms with Gasteiger partial charge in [-0.25, -0.2) is 14.0 Å². The van der Waals surface area contributed by atoms with Gasteiger partial charge in [0.25, 0.3) is 0 Å². The first-order chi connectivity index (χ1) is 16.4. The number of ether oxygens (including phenoxy) is 1. The Labute approximate surface area is 207 Å². The van der Waals surface area contributed by atoms with E-state index in [9.17, 15) is 23.9 Å². The maximum Gasteiger partial charge on any atom is 0.408 e. The van der Waals surface area contributed by atoms with Crippen molar-refractivity contribution >= 4 is 40.3 Å². The van der Waals surface area contributed by atoms with E-state index in [1.165, 1.54) is 10.8 Å². The summed E-state index contributed by atoms with van der Waals surface area (Å²) in [5, 5.41) is 13.0. The second-order valence-corrected chi connectivity index (χ2v) is 11.3. The molecular weight excluding hydrogens is 477 g/mol. The number of carboxylic acid groups (broad SMARTS) is 1. The van der Waals surface area contributed by atoms with E-state index in [-0.39, 0.29) is 23.3 Å². The third-order valence-corrected chi connectivity index (χ3v) is 7.60. The normalized spacial score (nSPS) is 24.9. The molecule has 1 saturated heterocycles. The molecule has 0 bridgehead atoms. The highest BCUT2D eigenvalue weighted by molar-refractivity contribution is 6.38. The van der Waals surface area contributed by atoms with Crippen LogP contribution in [0, 0.1) is 5.92 Å². The summed E-state index contributed by atoms with van der Waals surface area (Å²) in [4.78, 5) is 38.9. The molecular formula is C25H29ClFN3O5. The van der Waals surface area contributed by atoms with Crippen LogP contribution in [0.3, 0.4) is 0 Å². The van der Waals surface area contributed by atoms with Gasteiger partial charge in [0.15, 0.2) is 0 Å². The van der Waals surface area contributed by atoms with Crippen molar-refractivity contribution in [3.05, 3.63) is 39.1 Å². The number of halogens is 2. The fourth-order valence-corrected chi connectivity index (χ4v) is 5.58. The SMILES string of the molecule is CC(C)(C)OC(=O)NC1([C@@H]2CCN(c3ccc4c(=O)c(C(=O)O)cn([C@@H]5C[C@H]5F)c4c3Cl)C2)CC1. The fourth-order valence-electron chi connectivity index (χ4n) is 5.20. The van der Waals surface area contributed by atoms with Gasteiger partial charge in [-0.05, 0) is 52.2 Å². The van der Waals surface area contributed by atoms with E-state index in [0.29, 0.717) is 29.3 Å². The maximum absolute atomic E-state index is 14.0. The van der Waals surface area contributed by atoms with E-state index in [4.69, 9.17) is 16.3 Å². The summed E-state index contributed by atoms with van der Waals surface area (Å²) in [6, 6.07) is 2.77. The molecule has 3 atom stereocenters. The molecule has 1 aliphatic heterocycles. The van der Waals surface area contributed by atoms with Gasteiger partial charge >= 0.3 is 12.1 Å². The van der Waals surface area contributed by atoms with Gasteiger partial charge in [-0.2, -0.15) is 0 Å². The molecule has 2 N–H and O–H groups in total. The Hall–Kier alpha value is -2.81. The van der Waals surface area contributed by atoms with Crippen LogP contribution in [0.1, 0.15) is 62.9 Å². The Kier molecular flexibility index (Phi) is 5.54. The predicted molar refractivity (Wildman–Crippen MR) is 130 cm³/mol. The number of carbonyl (C=O) groups excluding carboxylic acids is 1. The molecule has 0 spiro atoms. The molecule has 188 valence electrons. The number of rotatable bonds is 5. The quantitative estimate of drug-likeness (QED) is 0.619. The van der Waals surface area contributed by atoms with Gasteiger partial charge in [0.1, 0.15) is 17.3 Å². The fraction of sp³-hybridized carbons (Fsp3) is 0.560. The van der Waals surface area contributed by atoms with E-state index in [1.807, 2.05) is 20.8 Å². The minimum absolute atomic E-state index is 0.166. The summed E-state index contributed by atoms with van der Waals surface area (Å²) in [6.45, 7) is 6.86. The zero-order valence-electron chi connectivity index (χ0n) is 19.9. The average molecular weight is 506 g/mol. The number of benzene rings is 1. The molecule has 1 aromatic carbocycles. The molecule has 2 aliphatic carbocycles. The van der Waals surface area contributed by atoms with Crippen LogP contribution in [0.5, 0.6) is 0 Å². The molecule has 2 heterocycles. The van der Waals surface area contributed by atoms with Crippen LogP contribution in [0.25, 0.3) is 10.9 Å². The third-order valence-electron chi connectivity index (χ3n) is 7.23. The molecule has 2 aromatic rings. The van der Waals surface area contributed by atoms with Crippen LogP contribution in [0.15, 0.2) is 23.1 Å². The number of nitrogens with one attached hydrogen (secondary N) is 1. The van der Waals surface area contributed by atoms with E-state index < -0.39 is 40.9 Å². The van der Waals surface area contributed by atoms with Gasteiger partial charge in [0, 0.05) is 42.6 Å². The number of hydrogen-bond acceptors (Lipinski definition) is 5. The highest BCUT2D eigenvalue weighted by Gasteiger charge is 2.53. The van der Waals surface area contributed by atoms with Crippen molar-refractivity contribution in [2.75, 3.05) is 18.0 Å². The number of aromatic nitrogens is 1. The van der Waals surface area contributed by atoms with E-state index in [2.05, 4.69) is 10.2 Å². The second kappa shape index (κ2) is 8.11. The lowest BCUT2D eigenvalue weighted by Crippen LogP contribution is -2.45. The Bertz CT molecular complexity index is 1280. The van der Waals surface area contributed by atoms with Gasteiger partial charge in [-0.15, -0.1) is 0 Å². The Morgan fingerprint density at radius 1 is 1.29 bits per heavy atom. The Morgan fingerprint density at radius 3 is 2.54 bits per heavy atom. The molecule has 0 radical (unpaired) electrons. The van der Waals surface area contributed by atoms with Gasteiger partial charge in [0.05, 0.1) is 22.3 Å². The average Bonchev–Trinajstić information content (AvgIpc) is 3.63. The number of fused-ring (bicyclic) bond motifs is 1. The van der Waals surface area contributed by atoms with Crippen molar-refractivity contribution in [2.45, 2.75) is 69.8 Å². The molecule has 3 fully saturated rings. The zero-order chi connectivity index (χ0) is 25.3. The number of carbonyl (C=O) groups is 2. The summed E-state index contributed by atoms with van der Waals surface area (Å²) >= 11 is 6.82. The largest absolute Gasteiger partial charge is 0.477 e. The van der Waals surface area contributed by atoms with Crippen LogP contribution in [0.2, 0.25) is 5.02 Å². The van der Waals surface area contributed by atoms with E-state index in [0.717, 1.165) is 19.3 Å². The summed E-state index contributed by atoms with van der Waals surface area (Å²) in [7, 11) is 0. The molecule has 1 aromatic heterocycles. The molecule has 2 saturated carbocycles. The van der Waals surface area contributed by atoms with Gasteiger partial charge in [-0.3, -0.25) is 4.79 Å². The lowest BCUT2D eigenvalue weighted by atomic mass is 9.96. The Morgan fingerprint density at radius 2 is 1.97 bits per heavy atom. The summed E-state index contributed by atoms with van der Waals surface area (Å²) in [6.07, 6.45) is 2.56. The van der Waals surface area contributed by atoms with Gasteiger partial charge in [-0.1, -0.05) is 11.6 Å². The lowest BCUT2D eigenvalue weighted by molar-refractivity contribution is 0.0477. The second-order valence-electron chi connectivity index (χ2n) is 10.9. The summed E-state index contributed by atoms with van der Waals surface area (Å²) < 4.78 is 21.0. The number of hydrogen-bond donors (Lipinski definition) is 2. The Balaban J connectivity index is 1.44. The summed E-state index contributed by atoms with van der Waals surface area (Å²) in [5.41, 5.74) is -0.829. The number of aromatic carboxylic acids is 1. The monoisotopic (exact) mass is 505 g/mol. The number of carboxylic acids is 1. The highest BCUT2D eigenvalue weighted by atomic mass is 35.5.